The van der Waals surface area contributed by atoms with Crippen molar-refractivity contribution in [3.63, 3.8) is 0 Å². The van der Waals surface area contributed by atoms with Gasteiger partial charge in [-0.05, 0) is 19.8 Å². The van der Waals surface area contributed by atoms with E-state index in [2.05, 4.69) is 24.3 Å². The van der Waals surface area contributed by atoms with Crippen LogP contribution in [0.4, 0.5) is 0 Å². The highest BCUT2D eigenvalue weighted by molar-refractivity contribution is 5.92. The first-order valence-electron chi connectivity index (χ1n) is 4.75. The molecule has 0 aliphatic carbocycles. The van der Waals surface area contributed by atoms with Crippen LogP contribution in [0.3, 0.4) is 0 Å². The van der Waals surface area contributed by atoms with Gasteiger partial charge >= 0.3 is 0 Å². The van der Waals surface area contributed by atoms with Crippen molar-refractivity contribution in [3.8, 4) is 0 Å². The van der Waals surface area contributed by atoms with Crippen molar-refractivity contribution in [1.82, 2.24) is 10.5 Å². The van der Waals surface area contributed by atoms with Crippen LogP contribution in [0.15, 0.2) is 10.6 Å². The Morgan fingerprint density at radius 1 is 1.50 bits per heavy atom. The van der Waals surface area contributed by atoms with Crippen LogP contribution >= 0.6 is 0 Å². The maximum Gasteiger partial charge on any atom is 0.273 e. The number of aryl methyl sites for hydroxylation is 1. The molecule has 1 N–H and O–H groups in total. The van der Waals surface area contributed by atoms with Crippen molar-refractivity contribution in [3.05, 3.63) is 17.5 Å². The van der Waals surface area contributed by atoms with Crippen LogP contribution in [0.5, 0.6) is 0 Å². The van der Waals surface area contributed by atoms with E-state index >= 15 is 0 Å². The quantitative estimate of drug-likeness (QED) is 0.801. The molecule has 0 aromatic carbocycles. The highest BCUT2D eigenvalue weighted by Crippen LogP contribution is 2.04. The maximum absolute atomic E-state index is 11.5. The van der Waals surface area contributed by atoms with Crippen LogP contribution < -0.4 is 5.32 Å². The summed E-state index contributed by atoms with van der Waals surface area (Å²) in [5.41, 5.74) is 0.343. The average molecular weight is 196 g/mol. The molecule has 0 fully saturated rings. The SMILES string of the molecule is Cc1cc(C(=O)N[C@@H](C)C(C)C)no1. The molecule has 1 atom stereocenters. The number of carbonyl (C=O) groups excluding carboxylic acids is 1. The summed E-state index contributed by atoms with van der Waals surface area (Å²) in [5, 5.41) is 6.49. The number of amides is 1. The first-order chi connectivity index (χ1) is 6.50. The van der Waals surface area contributed by atoms with Gasteiger partial charge in [0.05, 0.1) is 0 Å². The van der Waals surface area contributed by atoms with E-state index in [0.29, 0.717) is 17.4 Å². The molecule has 0 aliphatic rings. The van der Waals surface area contributed by atoms with Crippen LogP contribution in [0, 0.1) is 12.8 Å². The van der Waals surface area contributed by atoms with E-state index in [9.17, 15) is 4.79 Å². The van der Waals surface area contributed by atoms with E-state index in [1.54, 1.807) is 13.0 Å². The van der Waals surface area contributed by atoms with Gasteiger partial charge in [-0.15, -0.1) is 0 Å². The van der Waals surface area contributed by atoms with E-state index < -0.39 is 0 Å². The standard InChI is InChI=1S/C10H16N2O2/c1-6(2)8(4)11-10(13)9-5-7(3)14-12-9/h5-6,8H,1-4H3,(H,11,13)/t8-/m0/s1. The zero-order valence-corrected chi connectivity index (χ0v) is 9.00. The molecule has 1 aromatic heterocycles. The topological polar surface area (TPSA) is 55.1 Å². The predicted octanol–water partition coefficient (Wildman–Crippen LogP) is 1.76. The summed E-state index contributed by atoms with van der Waals surface area (Å²) in [6.45, 7) is 7.84. The zero-order valence-electron chi connectivity index (χ0n) is 9.00. The molecule has 0 saturated carbocycles. The summed E-state index contributed by atoms with van der Waals surface area (Å²) >= 11 is 0. The largest absolute Gasteiger partial charge is 0.361 e. The first-order valence-corrected chi connectivity index (χ1v) is 4.75. The van der Waals surface area contributed by atoms with Crippen LogP contribution in [0.1, 0.15) is 37.0 Å². The molecule has 0 radical (unpaired) electrons. The van der Waals surface area contributed by atoms with Gasteiger partial charge in [0.2, 0.25) is 0 Å². The number of hydrogen-bond acceptors (Lipinski definition) is 3. The van der Waals surface area contributed by atoms with E-state index in [1.165, 1.54) is 0 Å². The lowest BCUT2D eigenvalue weighted by Crippen LogP contribution is -2.36. The molecular weight excluding hydrogens is 180 g/mol. The fourth-order valence-electron chi connectivity index (χ4n) is 0.921. The van der Waals surface area contributed by atoms with Crippen LogP contribution in [0.25, 0.3) is 0 Å². The Hall–Kier alpha value is -1.32. The molecule has 14 heavy (non-hydrogen) atoms. The highest BCUT2D eigenvalue weighted by Gasteiger charge is 2.15. The highest BCUT2D eigenvalue weighted by atomic mass is 16.5. The van der Waals surface area contributed by atoms with Crippen molar-refractivity contribution >= 4 is 5.91 Å². The fourth-order valence-corrected chi connectivity index (χ4v) is 0.921. The Bertz CT molecular complexity index is 318. The van der Waals surface area contributed by atoms with Crippen molar-refractivity contribution in [2.24, 2.45) is 5.92 Å². The lowest BCUT2D eigenvalue weighted by molar-refractivity contribution is 0.0921. The molecule has 4 heteroatoms. The molecule has 0 saturated heterocycles. The summed E-state index contributed by atoms with van der Waals surface area (Å²) in [7, 11) is 0. The third-order valence-corrected chi connectivity index (χ3v) is 2.22. The Morgan fingerprint density at radius 2 is 2.14 bits per heavy atom. The van der Waals surface area contributed by atoms with Crippen molar-refractivity contribution in [2.75, 3.05) is 0 Å². The van der Waals surface area contributed by atoms with Gasteiger partial charge in [0, 0.05) is 12.1 Å². The number of nitrogens with zero attached hydrogens (tertiary/aromatic N) is 1. The maximum atomic E-state index is 11.5. The minimum absolute atomic E-state index is 0.138. The van der Waals surface area contributed by atoms with E-state index in [-0.39, 0.29) is 11.9 Å². The Kier molecular flexibility index (Phi) is 3.28. The van der Waals surface area contributed by atoms with E-state index in [1.807, 2.05) is 6.92 Å². The Labute approximate surface area is 83.7 Å². The molecule has 1 amide bonds. The lowest BCUT2D eigenvalue weighted by Gasteiger charge is -2.16. The molecule has 0 spiro atoms. The normalized spacial score (nSPS) is 12.9. The summed E-state index contributed by atoms with van der Waals surface area (Å²) in [5.74, 6) is 0.877. The summed E-state index contributed by atoms with van der Waals surface area (Å²) in [4.78, 5) is 11.5. The van der Waals surface area contributed by atoms with E-state index in [4.69, 9.17) is 4.52 Å². The second-order valence-electron chi connectivity index (χ2n) is 3.83. The number of nitrogens with one attached hydrogen (secondary N) is 1. The number of rotatable bonds is 3. The minimum atomic E-state index is -0.178. The van der Waals surface area contributed by atoms with E-state index in [0.717, 1.165) is 0 Å². The van der Waals surface area contributed by atoms with Gasteiger partial charge in [-0.1, -0.05) is 19.0 Å². The summed E-state index contributed by atoms with van der Waals surface area (Å²) in [6, 6.07) is 1.77. The van der Waals surface area contributed by atoms with Crippen LogP contribution in [0.2, 0.25) is 0 Å². The summed E-state index contributed by atoms with van der Waals surface area (Å²) in [6.07, 6.45) is 0. The predicted molar refractivity (Wildman–Crippen MR) is 53.0 cm³/mol. The Morgan fingerprint density at radius 3 is 2.57 bits per heavy atom. The lowest BCUT2D eigenvalue weighted by atomic mass is 10.1. The molecule has 78 valence electrons. The van der Waals surface area contributed by atoms with Crippen LogP contribution in [-0.2, 0) is 0 Å². The van der Waals surface area contributed by atoms with Crippen LogP contribution in [-0.4, -0.2) is 17.1 Å². The van der Waals surface area contributed by atoms with Crippen molar-refractivity contribution in [1.29, 1.82) is 0 Å². The second kappa shape index (κ2) is 4.26. The van der Waals surface area contributed by atoms with Gasteiger partial charge in [0.1, 0.15) is 5.76 Å². The second-order valence-corrected chi connectivity index (χ2v) is 3.83. The third kappa shape index (κ3) is 2.58. The monoisotopic (exact) mass is 196 g/mol. The van der Waals surface area contributed by atoms with Crippen molar-refractivity contribution < 1.29 is 9.32 Å². The molecule has 1 aromatic rings. The first kappa shape index (κ1) is 10.8. The molecule has 4 nitrogen and oxygen atoms in total. The molecule has 0 aliphatic heterocycles. The molecule has 0 unspecified atom stereocenters. The molecular formula is C10H16N2O2. The van der Waals surface area contributed by atoms with Gasteiger partial charge in [0.15, 0.2) is 5.69 Å². The molecule has 0 bridgehead atoms. The average Bonchev–Trinajstić information content (AvgIpc) is 2.51. The molecule has 1 heterocycles. The van der Waals surface area contributed by atoms with Gasteiger partial charge in [0.25, 0.3) is 5.91 Å². The van der Waals surface area contributed by atoms with Gasteiger partial charge in [-0.25, -0.2) is 0 Å². The van der Waals surface area contributed by atoms with Gasteiger partial charge in [-0.2, -0.15) is 0 Å². The fraction of sp³-hybridized carbons (Fsp3) is 0.600. The minimum Gasteiger partial charge on any atom is -0.361 e. The summed E-state index contributed by atoms with van der Waals surface area (Å²) < 4.78 is 4.82. The zero-order chi connectivity index (χ0) is 10.7. The van der Waals surface area contributed by atoms with Gasteiger partial charge in [-0.3, -0.25) is 4.79 Å². The smallest absolute Gasteiger partial charge is 0.273 e. The Balaban J connectivity index is 2.59. The number of carbonyl (C=O) groups is 1. The number of aromatic nitrogens is 1. The number of hydrogen-bond donors (Lipinski definition) is 1. The van der Waals surface area contributed by atoms with Crippen molar-refractivity contribution in [2.45, 2.75) is 33.7 Å². The van der Waals surface area contributed by atoms with Gasteiger partial charge < -0.3 is 9.84 Å². The molecule has 1 rings (SSSR count). The third-order valence-electron chi connectivity index (χ3n) is 2.22.